The molecule has 1 N–H and O–H groups in total. The highest BCUT2D eigenvalue weighted by Crippen LogP contribution is 2.19. The Kier molecular flexibility index (Phi) is 6.04. The summed E-state index contributed by atoms with van der Waals surface area (Å²) in [5.74, 6) is -1.31. The van der Waals surface area contributed by atoms with Gasteiger partial charge >= 0.3 is 11.9 Å². The lowest BCUT2D eigenvalue weighted by Crippen LogP contribution is -2.29. The Morgan fingerprint density at radius 3 is 2.91 bits per heavy atom. The second kappa shape index (κ2) is 8.23. The number of fused-ring (bicyclic) bond motifs is 1. The monoisotopic (exact) mass is 336 g/mol. The standard InChI is InChI=1S/C15H16N2O5S/c1-21-14(19)3-2-6-16-13(18)8-22-15(20)10-4-5-11-12(7-10)23-9-17-11/h4-5,7,9H,2-3,6,8H2,1H3,(H,16,18). The molecule has 122 valence electrons. The van der Waals surface area contributed by atoms with Crippen molar-refractivity contribution in [1.29, 1.82) is 0 Å². The van der Waals surface area contributed by atoms with Crippen LogP contribution in [-0.2, 0) is 19.1 Å². The number of carbonyl (C=O) groups excluding carboxylic acids is 3. The molecule has 0 saturated carbocycles. The van der Waals surface area contributed by atoms with E-state index in [1.807, 2.05) is 0 Å². The largest absolute Gasteiger partial charge is 0.469 e. The van der Waals surface area contributed by atoms with Crippen molar-refractivity contribution < 1.29 is 23.9 Å². The summed E-state index contributed by atoms with van der Waals surface area (Å²) in [6.07, 6.45) is 0.694. The van der Waals surface area contributed by atoms with Crippen LogP contribution in [0.5, 0.6) is 0 Å². The number of aromatic nitrogens is 1. The number of hydrogen-bond acceptors (Lipinski definition) is 7. The van der Waals surface area contributed by atoms with Crippen LogP contribution >= 0.6 is 11.3 Å². The Labute approximate surface area is 136 Å². The number of ether oxygens (including phenoxy) is 2. The van der Waals surface area contributed by atoms with Gasteiger partial charge in [-0.15, -0.1) is 11.3 Å². The molecule has 0 aliphatic carbocycles. The molecule has 0 aliphatic heterocycles. The Balaban J connectivity index is 1.73. The Bertz CT molecular complexity index is 713. The second-order valence-corrected chi connectivity index (χ2v) is 5.53. The van der Waals surface area contributed by atoms with Crippen LogP contribution in [0.3, 0.4) is 0 Å². The van der Waals surface area contributed by atoms with Gasteiger partial charge in [0.05, 0.1) is 28.4 Å². The molecular formula is C15H16N2O5S. The Morgan fingerprint density at radius 1 is 1.30 bits per heavy atom. The first-order valence-corrected chi connectivity index (χ1v) is 7.82. The number of rotatable bonds is 7. The number of benzene rings is 1. The molecular weight excluding hydrogens is 320 g/mol. The lowest BCUT2D eigenvalue weighted by Gasteiger charge is -2.06. The zero-order valence-corrected chi connectivity index (χ0v) is 13.4. The van der Waals surface area contributed by atoms with Gasteiger partial charge in [-0.25, -0.2) is 9.78 Å². The number of esters is 2. The lowest BCUT2D eigenvalue weighted by atomic mass is 10.2. The number of carbonyl (C=O) groups is 3. The van der Waals surface area contributed by atoms with Crippen molar-refractivity contribution in [2.24, 2.45) is 0 Å². The minimum Gasteiger partial charge on any atom is -0.469 e. The average molecular weight is 336 g/mol. The van der Waals surface area contributed by atoms with Crippen LogP contribution in [0.2, 0.25) is 0 Å². The number of nitrogens with one attached hydrogen (secondary N) is 1. The van der Waals surface area contributed by atoms with E-state index in [-0.39, 0.29) is 19.0 Å². The van der Waals surface area contributed by atoms with Gasteiger partial charge in [0.15, 0.2) is 6.61 Å². The summed E-state index contributed by atoms with van der Waals surface area (Å²) in [6, 6.07) is 5.03. The number of thiazole rings is 1. The maximum absolute atomic E-state index is 11.9. The number of methoxy groups -OCH3 is 1. The molecule has 2 rings (SSSR count). The van der Waals surface area contributed by atoms with Crippen LogP contribution in [0.25, 0.3) is 10.2 Å². The van der Waals surface area contributed by atoms with Gasteiger partial charge in [0.1, 0.15) is 0 Å². The fraction of sp³-hybridized carbons (Fsp3) is 0.333. The zero-order valence-electron chi connectivity index (χ0n) is 12.5. The van der Waals surface area contributed by atoms with Crippen molar-refractivity contribution >= 4 is 39.4 Å². The topological polar surface area (TPSA) is 94.6 Å². The van der Waals surface area contributed by atoms with Crippen LogP contribution in [0.4, 0.5) is 0 Å². The van der Waals surface area contributed by atoms with Gasteiger partial charge in [-0.3, -0.25) is 9.59 Å². The summed E-state index contributed by atoms with van der Waals surface area (Å²) in [7, 11) is 1.31. The first kappa shape index (κ1) is 16.9. The van der Waals surface area contributed by atoms with E-state index in [0.29, 0.717) is 18.5 Å². The van der Waals surface area contributed by atoms with Crippen LogP contribution in [0.1, 0.15) is 23.2 Å². The minimum atomic E-state index is -0.565. The summed E-state index contributed by atoms with van der Waals surface area (Å²) >= 11 is 1.43. The molecule has 8 heteroatoms. The highest BCUT2D eigenvalue weighted by Gasteiger charge is 2.11. The Hall–Kier alpha value is -2.48. The molecule has 0 atom stereocenters. The highest BCUT2D eigenvalue weighted by molar-refractivity contribution is 7.16. The molecule has 1 aromatic heterocycles. The normalized spacial score (nSPS) is 10.3. The third-order valence-electron chi connectivity index (χ3n) is 3.01. The van der Waals surface area contributed by atoms with Gasteiger partial charge in [-0.1, -0.05) is 0 Å². The molecule has 0 radical (unpaired) electrons. The maximum atomic E-state index is 11.9. The molecule has 0 aliphatic rings. The third-order valence-corrected chi connectivity index (χ3v) is 3.80. The quantitative estimate of drug-likeness (QED) is 0.608. The van der Waals surface area contributed by atoms with Crippen molar-refractivity contribution in [2.75, 3.05) is 20.3 Å². The first-order valence-electron chi connectivity index (χ1n) is 6.94. The fourth-order valence-corrected chi connectivity index (χ4v) is 2.53. The van der Waals surface area contributed by atoms with Crippen LogP contribution < -0.4 is 5.32 Å². The lowest BCUT2D eigenvalue weighted by molar-refractivity contribution is -0.140. The molecule has 0 unspecified atom stereocenters. The smallest absolute Gasteiger partial charge is 0.338 e. The van der Waals surface area contributed by atoms with E-state index in [1.54, 1.807) is 23.7 Å². The van der Waals surface area contributed by atoms with Crippen LogP contribution in [0, 0.1) is 0 Å². The predicted molar refractivity (Wildman–Crippen MR) is 84.2 cm³/mol. The van der Waals surface area contributed by atoms with Gasteiger partial charge in [0.2, 0.25) is 0 Å². The van der Waals surface area contributed by atoms with Gasteiger partial charge in [0, 0.05) is 13.0 Å². The molecule has 1 heterocycles. The second-order valence-electron chi connectivity index (χ2n) is 4.64. The van der Waals surface area contributed by atoms with Crippen molar-refractivity contribution in [3.63, 3.8) is 0 Å². The van der Waals surface area contributed by atoms with Crippen LogP contribution in [-0.4, -0.2) is 43.1 Å². The number of nitrogens with zero attached hydrogens (tertiary/aromatic N) is 1. The van der Waals surface area contributed by atoms with Gasteiger partial charge in [-0.2, -0.15) is 0 Å². The molecule has 7 nitrogen and oxygen atoms in total. The third kappa shape index (κ3) is 5.03. The molecule has 1 aromatic carbocycles. The van der Waals surface area contributed by atoms with Crippen molar-refractivity contribution in [2.45, 2.75) is 12.8 Å². The summed E-state index contributed by atoms with van der Waals surface area (Å²) in [5.41, 5.74) is 2.89. The maximum Gasteiger partial charge on any atom is 0.338 e. The number of amides is 1. The summed E-state index contributed by atoms with van der Waals surface area (Å²) in [6.45, 7) is -0.0455. The van der Waals surface area contributed by atoms with Crippen molar-refractivity contribution in [3.05, 3.63) is 29.3 Å². The van der Waals surface area contributed by atoms with E-state index < -0.39 is 11.9 Å². The first-order chi connectivity index (χ1) is 11.1. The van der Waals surface area contributed by atoms with E-state index >= 15 is 0 Å². The van der Waals surface area contributed by atoms with E-state index in [0.717, 1.165) is 10.2 Å². The molecule has 0 fully saturated rings. The zero-order chi connectivity index (χ0) is 16.7. The Morgan fingerprint density at radius 2 is 2.13 bits per heavy atom. The van der Waals surface area contributed by atoms with Gasteiger partial charge in [0.25, 0.3) is 5.91 Å². The van der Waals surface area contributed by atoms with E-state index in [1.165, 1.54) is 18.4 Å². The summed E-state index contributed by atoms with van der Waals surface area (Å²) in [4.78, 5) is 38.5. The SMILES string of the molecule is COC(=O)CCCNC(=O)COC(=O)c1ccc2ncsc2c1. The summed E-state index contributed by atoms with van der Waals surface area (Å²) in [5, 5.41) is 2.56. The fourth-order valence-electron chi connectivity index (χ4n) is 1.81. The average Bonchev–Trinajstić information content (AvgIpc) is 3.03. The molecule has 0 bridgehead atoms. The van der Waals surface area contributed by atoms with Gasteiger partial charge in [-0.05, 0) is 24.6 Å². The van der Waals surface area contributed by atoms with Crippen LogP contribution in [0.15, 0.2) is 23.7 Å². The van der Waals surface area contributed by atoms with Crippen molar-refractivity contribution in [3.8, 4) is 0 Å². The van der Waals surface area contributed by atoms with Gasteiger partial charge < -0.3 is 14.8 Å². The molecule has 2 aromatic rings. The predicted octanol–water partition coefficient (Wildman–Crippen LogP) is 1.52. The van der Waals surface area contributed by atoms with E-state index in [2.05, 4.69) is 15.0 Å². The number of hydrogen-bond donors (Lipinski definition) is 1. The molecule has 0 spiro atoms. The minimum absolute atomic E-state index is 0.228. The molecule has 0 saturated heterocycles. The highest BCUT2D eigenvalue weighted by atomic mass is 32.1. The molecule has 1 amide bonds. The van der Waals surface area contributed by atoms with E-state index in [4.69, 9.17) is 4.74 Å². The van der Waals surface area contributed by atoms with Crippen molar-refractivity contribution in [1.82, 2.24) is 10.3 Å². The molecule has 23 heavy (non-hydrogen) atoms. The van der Waals surface area contributed by atoms with E-state index in [9.17, 15) is 14.4 Å². The summed E-state index contributed by atoms with van der Waals surface area (Å²) < 4.78 is 10.3.